The molecule has 1 fully saturated rings. The monoisotopic (exact) mass is 266 g/mol. The van der Waals surface area contributed by atoms with Crippen LogP contribution in [0, 0.1) is 0 Å². The predicted molar refractivity (Wildman–Crippen MR) is 71.2 cm³/mol. The van der Waals surface area contributed by atoms with E-state index in [4.69, 9.17) is 15.2 Å². The lowest BCUT2D eigenvalue weighted by Crippen LogP contribution is -2.33. The van der Waals surface area contributed by atoms with E-state index in [1.165, 1.54) is 7.11 Å². The number of anilines is 2. The summed E-state index contributed by atoms with van der Waals surface area (Å²) in [6.45, 7) is 1.09. The van der Waals surface area contributed by atoms with E-state index in [9.17, 15) is 4.79 Å². The van der Waals surface area contributed by atoms with Crippen LogP contribution < -0.4 is 11.1 Å². The molecule has 0 aliphatic carbocycles. The molecule has 0 spiro atoms. The molecule has 1 aromatic carbocycles. The highest BCUT2D eigenvalue weighted by atomic mass is 16.5. The second kappa shape index (κ2) is 5.90. The molecule has 1 aromatic rings. The molecule has 1 heterocycles. The van der Waals surface area contributed by atoms with Crippen molar-refractivity contribution in [1.29, 1.82) is 0 Å². The third-order valence-corrected chi connectivity index (χ3v) is 3.15. The molecule has 1 aliphatic heterocycles. The standard InChI is InChI=1S/C13H18N2O4/c1-17-12-7-19-6-11(12)15-10-5-8(13(16)18-2)3-4-9(10)14/h3-5,11-12,15H,6-7,14H2,1-2H3/t11?,12-/m1/s1. The summed E-state index contributed by atoms with van der Waals surface area (Å²) >= 11 is 0. The van der Waals surface area contributed by atoms with Gasteiger partial charge in [0, 0.05) is 7.11 Å². The zero-order valence-corrected chi connectivity index (χ0v) is 11.0. The summed E-state index contributed by atoms with van der Waals surface area (Å²) < 4.78 is 15.4. The number of nitrogen functional groups attached to an aromatic ring is 1. The molecule has 0 bridgehead atoms. The van der Waals surface area contributed by atoms with Crippen LogP contribution in [-0.4, -0.2) is 45.5 Å². The first-order chi connectivity index (χ1) is 9.15. The molecular formula is C13H18N2O4. The van der Waals surface area contributed by atoms with Crippen molar-refractivity contribution >= 4 is 17.3 Å². The van der Waals surface area contributed by atoms with E-state index < -0.39 is 5.97 Å². The molecule has 1 aliphatic rings. The van der Waals surface area contributed by atoms with Gasteiger partial charge in [0.1, 0.15) is 6.10 Å². The second-order valence-corrected chi connectivity index (χ2v) is 4.36. The number of rotatable bonds is 4. The van der Waals surface area contributed by atoms with E-state index in [0.29, 0.717) is 30.2 Å². The lowest BCUT2D eigenvalue weighted by molar-refractivity contribution is 0.0601. The maximum Gasteiger partial charge on any atom is 0.337 e. The largest absolute Gasteiger partial charge is 0.465 e. The number of benzene rings is 1. The number of hydrogen-bond donors (Lipinski definition) is 2. The smallest absolute Gasteiger partial charge is 0.337 e. The molecule has 1 saturated heterocycles. The number of esters is 1. The quantitative estimate of drug-likeness (QED) is 0.622. The van der Waals surface area contributed by atoms with Crippen LogP contribution in [-0.2, 0) is 14.2 Å². The zero-order chi connectivity index (χ0) is 13.8. The van der Waals surface area contributed by atoms with Crippen LogP contribution in [0.25, 0.3) is 0 Å². The minimum absolute atomic E-state index is 0.0141. The van der Waals surface area contributed by atoms with Gasteiger partial charge in [0.2, 0.25) is 0 Å². The first kappa shape index (κ1) is 13.6. The van der Waals surface area contributed by atoms with Crippen LogP contribution in [0.1, 0.15) is 10.4 Å². The van der Waals surface area contributed by atoms with Gasteiger partial charge < -0.3 is 25.3 Å². The number of carbonyl (C=O) groups excluding carboxylic acids is 1. The minimum Gasteiger partial charge on any atom is -0.465 e. The van der Waals surface area contributed by atoms with Crippen molar-refractivity contribution in [2.45, 2.75) is 12.1 Å². The van der Waals surface area contributed by atoms with E-state index in [-0.39, 0.29) is 12.1 Å². The molecule has 3 N–H and O–H groups in total. The van der Waals surface area contributed by atoms with E-state index in [0.717, 1.165) is 0 Å². The Labute approximate surface area is 111 Å². The maximum atomic E-state index is 11.5. The molecule has 2 rings (SSSR count). The van der Waals surface area contributed by atoms with Gasteiger partial charge in [-0.3, -0.25) is 0 Å². The van der Waals surface area contributed by atoms with Crippen LogP contribution in [0.2, 0.25) is 0 Å². The van der Waals surface area contributed by atoms with Crippen molar-refractivity contribution in [2.75, 3.05) is 38.5 Å². The van der Waals surface area contributed by atoms with Gasteiger partial charge in [-0.15, -0.1) is 0 Å². The maximum absolute atomic E-state index is 11.5. The van der Waals surface area contributed by atoms with E-state index in [1.807, 2.05) is 0 Å². The van der Waals surface area contributed by atoms with Crippen molar-refractivity contribution in [3.63, 3.8) is 0 Å². The first-order valence-electron chi connectivity index (χ1n) is 6.00. The van der Waals surface area contributed by atoms with E-state index in [2.05, 4.69) is 10.1 Å². The SMILES string of the molecule is COC(=O)c1ccc(N)c(NC2COC[C@H]2OC)c1. The summed E-state index contributed by atoms with van der Waals surface area (Å²) in [5.41, 5.74) is 7.60. The number of nitrogens with two attached hydrogens (primary N) is 1. The lowest BCUT2D eigenvalue weighted by Gasteiger charge is -2.20. The average Bonchev–Trinajstić information content (AvgIpc) is 2.87. The molecule has 0 radical (unpaired) electrons. The molecular weight excluding hydrogens is 248 g/mol. The molecule has 0 aromatic heterocycles. The second-order valence-electron chi connectivity index (χ2n) is 4.36. The zero-order valence-electron chi connectivity index (χ0n) is 11.0. The van der Waals surface area contributed by atoms with Crippen LogP contribution in [0.4, 0.5) is 11.4 Å². The molecule has 1 unspecified atom stereocenters. The van der Waals surface area contributed by atoms with Crippen molar-refractivity contribution in [2.24, 2.45) is 0 Å². The summed E-state index contributed by atoms with van der Waals surface area (Å²) in [6.07, 6.45) is -0.0267. The number of hydrogen-bond acceptors (Lipinski definition) is 6. The molecule has 0 amide bonds. The summed E-state index contributed by atoms with van der Waals surface area (Å²) in [5, 5.41) is 3.25. The minimum atomic E-state index is -0.394. The Morgan fingerprint density at radius 3 is 2.89 bits per heavy atom. The molecule has 104 valence electrons. The van der Waals surface area contributed by atoms with Gasteiger partial charge in [0.15, 0.2) is 0 Å². The Morgan fingerprint density at radius 2 is 2.21 bits per heavy atom. The summed E-state index contributed by atoms with van der Waals surface area (Å²) in [7, 11) is 2.99. The third-order valence-electron chi connectivity index (χ3n) is 3.15. The van der Waals surface area contributed by atoms with E-state index >= 15 is 0 Å². The number of carbonyl (C=O) groups is 1. The van der Waals surface area contributed by atoms with Gasteiger partial charge in [-0.2, -0.15) is 0 Å². The molecule has 6 heteroatoms. The highest BCUT2D eigenvalue weighted by molar-refractivity contribution is 5.92. The molecule has 19 heavy (non-hydrogen) atoms. The first-order valence-corrected chi connectivity index (χ1v) is 6.00. The van der Waals surface area contributed by atoms with Crippen molar-refractivity contribution in [3.8, 4) is 0 Å². The van der Waals surface area contributed by atoms with Crippen LogP contribution in [0.15, 0.2) is 18.2 Å². The summed E-state index contributed by atoms with van der Waals surface area (Å²) in [4.78, 5) is 11.5. The van der Waals surface area contributed by atoms with Crippen molar-refractivity contribution in [3.05, 3.63) is 23.8 Å². The predicted octanol–water partition coefficient (Wildman–Crippen LogP) is 0.881. The third kappa shape index (κ3) is 2.97. The van der Waals surface area contributed by atoms with Gasteiger partial charge in [-0.05, 0) is 18.2 Å². The Hall–Kier alpha value is -1.79. The fourth-order valence-corrected chi connectivity index (χ4v) is 2.03. The molecule has 2 atom stereocenters. The highest BCUT2D eigenvalue weighted by Gasteiger charge is 2.28. The Kier molecular flexibility index (Phi) is 4.24. The Morgan fingerprint density at radius 1 is 1.42 bits per heavy atom. The molecule has 6 nitrogen and oxygen atoms in total. The fraction of sp³-hybridized carbons (Fsp3) is 0.462. The van der Waals surface area contributed by atoms with E-state index in [1.54, 1.807) is 25.3 Å². The normalized spacial score (nSPS) is 22.2. The van der Waals surface area contributed by atoms with Gasteiger partial charge in [0.25, 0.3) is 0 Å². The highest BCUT2D eigenvalue weighted by Crippen LogP contribution is 2.24. The summed E-state index contributed by atoms with van der Waals surface area (Å²) in [6, 6.07) is 4.99. The van der Waals surface area contributed by atoms with Gasteiger partial charge in [-0.1, -0.05) is 0 Å². The topological polar surface area (TPSA) is 82.8 Å². The Bertz CT molecular complexity index is 464. The number of nitrogens with one attached hydrogen (secondary N) is 1. The van der Waals surface area contributed by atoms with Gasteiger partial charge in [-0.25, -0.2) is 4.79 Å². The number of ether oxygens (including phenoxy) is 3. The Balaban J connectivity index is 2.17. The van der Waals surface area contributed by atoms with Crippen LogP contribution in [0.3, 0.4) is 0 Å². The van der Waals surface area contributed by atoms with Crippen molar-refractivity contribution < 1.29 is 19.0 Å². The van der Waals surface area contributed by atoms with Crippen LogP contribution >= 0.6 is 0 Å². The van der Waals surface area contributed by atoms with Crippen molar-refractivity contribution in [1.82, 2.24) is 0 Å². The van der Waals surface area contributed by atoms with Gasteiger partial charge in [0.05, 0.1) is 43.3 Å². The number of methoxy groups -OCH3 is 2. The molecule has 0 saturated carbocycles. The van der Waals surface area contributed by atoms with Gasteiger partial charge >= 0.3 is 5.97 Å². The summed E-state index contributed by atoms with van der Waals surface area (Å²) in [5.74, 6) is -0.394. The van der Waals surface area contributed by atoms with Crippen LogP contribution in [0.5, 0.6) is 0 Å². The fourth-order valence-electron chi connectivity index (χ4n) is 2.03. The lowest BCUT2D eigenvalue weighted by atomic mass is 10.1. The average molecular weight is 266 g/mol.